The molecule has 5 nitrogen and oxygen atoms in total. The number of hydrogen-bond acceptors (Lipinski definition) is 5. The summed E-state index contributed by atoms with van der Waals surface area (Å²) < 4.78 is 5.48. The van der Waals surface area contributed by atoms with Gasteiger partial charge in [-0.2, -0.15) is 4.98 Å². The average molecular weight is 379 g/mol. The molecule has 1 atom stereocenters. The Morgan fingerprint density at radius 2 is 1.89 bits per heavy atom. The number of aromatic nitrogens is 2. The summed E-state index contributed by atoms with van der Waals surface area (Å²) in [7, 11) is 0. The van der Waals surface area contributed by atoms with Crippen LogP contribution in [-0.2, 0) is 11.2 Å². The summed E-state index contributed by atoms with van der Waals surface area (Å²) in [5.41, 5.74) is 3.10. The fourth-order valence-electron chi connectivity index (χ4n) is 3.29. The second-order valence-corrected chi connectivity index (χ2v) is 7.49. The number of hydrogen-bond donors (Lipinski definition) is 0. The van der Waals surface area contributed by atoms with Gasteiger partial charge in [0.1, 0.15) is 0 Å². The summed E-state index contributed by atoms with van der Waals surface area (Å²) >= 11 is 1.69. The van der Waals surface area contributed by atoms with Crippen LogP contribution in [0.15, 0.2) is 57.9 Å². The third kappa shape index (κ3) is 3.62. The Balaban J connectivity index is 1.51. The lowest BCUT2D eigenvalue weighted by molar-refractivity contribution is -0.117. The average Bonchev–Trinajstić information content (AvgIpc) is 3.35. The van der Waals surface area contributed by atoms with E-state index in [9.17, 15) is 4.79 Å². The van der Waals surface area contributed by atoms with Crippen LogP contribution < -0.4 is 4.90 Å². The molecule has 1 aromatic heterocycles. The highest BCUT2D eigenvalue weighted by Gasteiger charge is 2.35. The number of thioether (sulfide) groups is 1. The van der Waals surface area contributed by atoms with Gasteiger partial charge >= 0.3 is 0 Å². The summed E-state index contributed by atoms with van der Waals surface area (Å²) in [6.07, 6.45) is 3.42. The molecule has 4 rings (SSSR count). The Morgan fingerprint density at radius 1 is 1.15 bits per heavy atom. The Bertz CT molecular complexity index is 935. The van der Waals surface area contributed by atoms with Crippen molar-refractivity contribution in [3.05, 3.63) is 60.0 Å². The highest BCUT2D eigenvalue weighted by Crippen LogP contribution is 2.32. The van der Waals surface area contributed by atoms with E-state index < -0.39 is 0 Å². The fraction of sp³-hybridized carbons (Fsp3) is 0.286. The van der Waals surface area contributed by atoms with Gasteiger partial charge in [-0.15, -0.1) is 11.8 Å². The number of carbonyl (C=O) groups excluding carboxylic acids is 1. The summed E-state index contributed by atoms with van der Waals surface area (Å²) in [6, 6.07) is 16.2. The SMILES string of the molecule is CCc1ccc(N2CC(c3nc(-c4ccc(SC)cc4)no3)CC2=O)cc1. The standard InChI is InChI=1S/C21H21N3O2S/c1-3-14-4-8-17(9-5-14)24-13-16(12-19(24)25)21-22-20(23-26-21)15-6-10-18(27-2)11-7-15/h4-11,16H,3,12-13H2,1-2H3. The van der Waals surface area contributed by atoms with Gasteiger partial charge in [0.25, 0.3) is 0 Å². The topological polar surface area (TPSA) is 59.2 Å². The van der Waals surface area contributed by atoms with Crippen LogP contribution in [0.5, 0.6) is 0 Å². The van der Waals surface area contributed by atoms with Gasteiger partial charge in [0.2, 0.25) is 17.6 Å². The number of nitrogens with zero attached hydrogens (tertiary/aromatic N) is 3. The van der Waals surface area contributed by atoms with Crippen molar-refractivity contribution in [2.75, 3.05) is 17.7 Å². The molecule has 6 heteroatoms. The van der Waals surface area contributed by atoms with E-state index in [-0.39, 0.29) is 11.8 Å². The number of amides is 1. The highest BCUT2D eigenvalue weighted by atomic mass is 32.2. The molecule has 1 saturated heterocycles. The highest BCUT2D eigenvalue weighted by molar-refractivity contribution is 7.98. The molecule has 1 amide bonds. The predicted molar refractivity (Wildman–Crippen MR) is 107 cm³/mol. The van der Waals surface area contributed by atoms with E-state index in [0.717, 1.165) is 17.7 Å². The molecule has 27 heavy (non-hydrogen) atoms. The Hall–Kier alpha value is -2.60. The van der Waals surface area contributed by atoms with Crippen molar-refractivity contribution < 1.29 is 9.32 Å². The van der Waals surface area contributed by atoms with Crippen LogP contribution in [0.1, 0.15) is 30.7 Å². The van der Waals surface area contributed by atoms with Crippen molar-refractivity contribution in [2.24, 2.45) is 0 Å². The van der Waals surface area contributed by atoms with Crippen LogP contribution in [-0.4, -0.2) is 28.8 Å². The minimum absolute atomic E-state index is 0.0740. The first-order valence-corrected chi connectivity index (χ1v) is 10.3. The molecule has 1 fully saturated rings. The van der Waals surface area contributed by atoms with Gasteiger partial charge in [-0.1, -0.05) is 24.2 Å². The third-order valence-electron chi connectivity index (χ3n) is 4.92. The van der Waals surface area contributed by atoms with Crippen LogP contribution >= 0.6 is 11.8 Å². The maximum absolute atomic E-state index is 12.5. The van der Waals surface area contributed by atoms with Crippen molar-refractivity contribution in [2.45, 2.75) is 30.6 Å². The molecule has 3 aromatic rings. The zero-order valence-corrected chi connectivity index (χ0v) is 16.2. The number of carbonyl (C=O) groups is 1. The van der Waals surface area contributed by atoms with Crippen LogP contribution in [0.4, 0.5) is 5.69 Å². The largest absolute Gasteiger partial charge is 0.339 e. The van der Waals surface area contributed by atoms with E-state index in [2.05, 4.69) is 29.2 Å². The van der Waals surface area contributed by atoms with Gasteiger partial charge in [-0.05, 0) is 54.6 Å². The maximum Gasteiger partial charge on any atom is 0.232 e. The molecular formula is C21H21N3O2S. The van der Waals surface area contributed by atoms with Gasteiger partial charge in [-0.3, -0.25) is 4.79 Å². The smallest absolute Gasteiger partial charge is 0.232 e. The first kappa shape index (κ1) is 17.8. The minimum atomic E-state index is -0.0740. The summed E-state index contributed by atoms with van der Waals surface area (Å²) in [5.74, 6) is 1.11. The van der Waals surface area contributed by atoms with E-state index >= 15 is 0 Å². The predicted octanol–water partition coefficient (Wildman–Crippen LogP) is 4.54. The van der Waals surface area contributed by atoms with Crippen molar-refractivity contribution in [3.63, 3.8) is 0 Å². The number of benzene rings is 2. The quantitative estimate of drug-likeness (QED) is 0.609. The molecule has 1 aliphatic rings. The molecule has 1 unspecified atom stereocenters. The molecule has 1 aliphatic heterocycles. The van der Waals surface area contributed by atoms with Crippen molar-refractivity contribution in [1.29, 1.82) is 0 Å². The second-order valence-electron chi connectivity index (χ2n) is 6.61. The molecule has 138 valence electrons. The zero-order valence-electron chi connectivity index (χ0n) is 15.4. The molecule has 0 aliphatic carbocycles. The van der Waals surface area contributed by atoms with Gasteiger partial charge in [-0.25, -0.2) is 0 Å². The first-order valence-electron chi connectivity index (χ1n) is 9.05. The molecule has 0 spiro atoms. The Morgan fingerprint density at radius 3 is 2.56 bits per heavy atom. The molecule has 0 saturated carbocycles. The van der Waals surface area contributed by atoms with Crippen molar-refractivity contribution in [3.8, 4) is 11.4 Å². The van der Waals surface area contributed by atoms with Crippen molar-refractivity contribution in [1.82, 2.24) is 10.1 Å². The van der Waals surface area contributed by atoms with Crippen LogP contribution in [0.3, 0.4) is 0 Å². The lowest BCUT2D eigenvalue weighted by Gasteiger charge is -2.16. The monoisotopic (exact) mass is 379 g/mol. The molecule has 0 radical (unpaired) electrons. The zero-order chi connectivity index (χ0) is 18.8. The Labute approximate surface area is 162 Å². The van der Waals surface area contributed by atoms with E-state index in [1.807, 2.05) is 42.7 Å². The van der Waals surface area contributed by atoms with Crippen LogP contribution in [0.2, 0.25) is 0 Å². The van der Waals surface area contributed by atoms with E-state index in [1.54, 1.807) is 16.7 Å². The summed E-state index contributed by atoms with van der Waals surface area (Å²) in [4.78, 5) is 20.0. The third-order valence-corrected chi connectivity index (χ3v) is 5.66. The molecule has 2 heterocycles. The summed E-state index contributed by atoms with van der Waals surface area (Å²) in [5, 5.41) is 4.11. The minimum Gasteiger partial charge on any atom is -0.339 e. The first-order chi connectivity index (χ1) is 13.2. The molecule has 0 N–H and O–H groups in total. The van der Waals surface area contributed by atoms with E-state index in [4.69, 9.17) is 4.52 Å². The van der Waals surface area contributed by atoms with Gasteiger partial charge in [0.05, 0.1) is 5.92 Å². The lowest BCUT2D eigenvalue weighted by atomic mass is 10.1. The van der Waals surface area contributed by atoms with Gasteiger partial charge in [0.15, 0.2) is 0 Å². The number of rotatable bonds is 5. The van der Waals surface area contributed by atoms with Gasteiger partial charge in [0, 0.05) is 29.1 Å². The molecule has 0 bridgehead atoms. The lowest BCUT2D eigenvalue weighted by Crippen LogP contribution is -2.24. The Kier molecular flexibility index (Phi) is 4.99. The fourth-order valence-corrected chi connectivity index (χ4v) is 3.70. The summed E-state index contributed by atoms with van der Waals surface area (Å²) in [6.45, 7) is 2.69. The normalized spacial score (nSPS) is 16.9. The molecular weight excluding hydrogens is 358 g/mol. The van der Waals surface area contributed by atoms with E-state index in [1.165, 1.54) is 10.5 Å². The number of aryl methyl sites for hydroxylation is 1. The maximum atomic E-state index is 12.5. The second kappa shape index (κ2) is 7.56. The molecule has 2 aromatic carbocycles. The number of anilines is 1. The van der Waals surface area contributed by atoms with E-state index in [0.29, 0.717) is 24.7 Å². The van der Waals surface area contributed by atoms with Gasteiger partial charge < -0.3 is 9.42 Å². The van der Waals surface area contributed by atoms with Crippen LogP contribution in [0.25, 0.3) is 11.4 Å². The van der Waals surface area contributed by atoms with Crippen LogP contribution in [0, 0.1) is 0 Å². The van der Waals surface area contributed by atoms with Crippen molar-refractivity contribution >= 4 is 23.4 Å².